The quantitative estimate of drug-likeness (QED) is 0.675. The Balaban J connectivity index is 2.01. The van der Waals surface area contributed by atoms with Gasteiger partial charge in [0.1, 0.15) is 5.15 Å². The van der Waals surface area contributed by atoms with Crippen LogP contribution >= 0.6 is 11.6 Å². The van der Waals surface area contributed by atoms with Crippen LogP contribution in [0.5, 0.6) is 0 Å². The van der Waals surface area contributed by atoms with E-state index in [0.717, 1.165) is 17.5 Å². The van der Waals surface area contributed by atoms with Crippen LogP contribution < -0.4 is 16.1 Å². The van der Waals surface area contributed by atoms with Gasteiger partial charge in [-0.05, 0) is 30.2 Å². The van der Waals surface area contributed by atoms with E-state index >= 15 is 0 Å². The molecule has 4 nitrogen and oxygen atoms in total. The molecule has 21 heavy (non-hydrogen) atoms. The zero-order valence-corrected chi connectivity index (χ0v) is 11.9. The van der Waals surface area contributed by atoms with Crippen LogP contribution in [0, 0.1) is 0 Å². The second-order valence-corrected chi connectivity index (χ2v) is 5.11. The van der Waals surface area contributed by atoms with E-state index in [2.05, 4.69) is 27.3 Å². The summed E-state index contributed by atoms with van der Waals surface area (Å²) in [6.07, 6.45) is 4.52. The van der Waals surface area contributed by atoms with Crippen LogP contribution in [0.2, 0.25) is 5.15 Å². The van der Waals surface area contributed by atoms with Gasteiger partial charge in [0.05, 0.1) is 10.6 Å². The van der Waals surface area contributed by atoms with Crippen molar-refractivity contribution < 1.29 is 0 Å². The van der Waals surface area contributed by atoms with E-state index in [1.165, 1.54) is 5.56 Å². The molecule has 0 unspecified atom stereocenters. The van der Waals surface area contributed by atoms with Crippen molar-refractivity contribution in [1.29, 1.82) is 0 Å². The molecule has 0 radical (unpaired) electrons. The zero-order chi connectivity index (χ0) is 14.7. The first-order valence-corrected chi connectivity index (χ1v) is 6.97. The Morgan fingerprint density at radius 3 is 2.57 bits per heavy atom. The van der Waals surface area contributed by atoms with Crippen molar-refractivity contribution in [3.63, 3.8) is 0 Å². The number of aromatic nitrogens is 3. The smallest absolute Gasteiger partial charge is 0.271 e. The summed E-state index contributed by atoms with van der Waals surface area (Å²) in [5.74, 6) is 0. The Hall–Kier alpha value is -2.46. The Bertz CT molecular complexity index is 903. The van der Waals surface area contributed by atoms with Gasteiger partial charge in [-0.15, -0.1) is 0 Å². The lowest BCUT2D eigenvalue weighted by Crippen LogP contribution is -2.33. The van der Waals surface area contributed by atoms with E-state index in [0.29, 0.717) is 10.4 Å². The summed E-state index contributed by atoms with van der Waals surface area (Å²) in [4.78, 5) is 14.8. The van der Waals surface area contributed by atoms with Gasteiger partial charge < -0.3 is 4.98 Å². The van der Waals surface area contributed by atoms with Crippen LogP contribution in [-0.2, 0) is 6.42 Å². The average Bonchev–Trinajstić information content (AvgIpc) is 3.06. The number of hydrogen-bond acceptors (Lipinski definition) is 1. The van der Waals surface area contributed by atoms with E-state index in [-0.39, 0.29) is 5.56 Å². The summed E-state index contributed by atoms with van der Waals surface area (Å²) in [7, 11) is 0. The second-order valence-electron chi connectivity index (χ2n) is 4.71. The van der Waals surface area contributed by atoms with Crippen LogP contribution in [0.4, 0.5) is 0 Å². The number of hydrogen-bond donors (Lipinski definition) is 3. The van der Waals surface area contributed by atoms with E-state index < -0.39 is 0 Å². The van der Waals surface area contributed by atoms with Crippen molar-refractivity contribution in [1.82, 2.24) is 15.2 Å². The molecule has 3 N–H and O–H groups in total. The van der Waals surface area contributed by atoms with Crippen LogP contribution in [0.3, 0.4) is 0 Å². The molecule has 0 aliphatic carbocycles. The lowest BCUT2D eigenvalue weighted by Gasteiger charge is -1.93. The number of halogens is 1. The maximum atomic E-state index is 11.9. The normalized spacial score (nSPS) is 13.0. The third-order valence-electron chi connectivity index (χ3n) is 3.20. The standard InChI is InChI=1S/C16H14ClN3O/c17-15-9-7-12(18-15)10-13-14(19-20-16(13)21)8-6-11-4-2-1-3-5-11/h1-5,7-10,18-19H,6H2,(H,20,21). The molecule has 3 rings (SSSR count). The van der Waals surface area contributed by atoms with Gasteiger partial charge >= 0.3 is 0 Å². The largest absolute Gasteiger partial charge is 0.346 e. The highest BCUT2D eigenvalue weighted by Gasteiger charge is 1.98. The molecule has 0 aliphatic rings. The van der Waals surface area contributed by atoms with E-state index in [9.17, 15) is 4.79 Å². The molecule has 0 saturated heterocycles. The number of aromatic amines is 3. The molecule has 0 aliphatic heterocycles. The van der Waals surface area contributed by atoms with E-state index in [1.54, 1.807) is 12.1 Å². The Morgan fingerprint density at radius 2 is 1.86 bits per heavy atom. The van der Waals surface area contributed by atoms with Crippen molar-refractivity contribution in [3.8, 4) is 0 Å². The van der Waals surface area contributed by atoms with Gasteiger partial charge in [-0.2, -0.15) is 0 Å². The fourth-order valence-corrected chi connectivity index (χ4v) is 2.32. The zero-order valence-electron chi connectivity index (χ0n) is 11.2. The van der Waals surface area contributed by atoms with Crippen molar-refractivity contribution in [2.75, 3.05) is 0 Å². The van der Waals surface area contributed by atoms with Gasteiger partial charge in [0, 0.05) is 5.69 Å². The van der Waals surface area contributed by atoms with Crippen LogP contribution in [-0.4, -0.2) is 15.2 Å². The first-order chi connectivity index (χ1) is 10.2. The van der Waals surface area contributed by atoms with Crippen molar-refractivity contribution in [3.05, 3.63) is 79.8 Å². The fourth-order valence-electron chi connectivity index (χ4n) is 2.14. The highest BCUT2D eigenvalue weighted by Crippen LogP contribution is 2.07. The molecule has 1 aromatic carbocycles. The third kappa shape index (κ3) is 3.17. The average molecular weight is 300 g/mol. The SMILES string of the molecule is O=c1[nH][nH]c(=CCc2ccccc2)c1=Cc1ccc(Cl)[nH]1. The number of rotatable bonds is 3. The summed E-state index contributed by atoms with van der Waals surface area (Å²) < 4.78 is 0. The molecule has 0 spiro atoms. The van der Waals surface area contributed by atoms with Crippen LogP contribution in [0.15, 0.2) is 47.3 Å². The molecule has 0 amide bonds. The Labute approximate surface area is 125 Å². The highest BCUT2D eigenvalue weighted by atomic mass is 35.5. The summed E-state index contributed by atoms with van der Waals surface area (Å²) in [6.45, 7) is 0. The van der Waals surface area contributed by atoms with E-state index in [1.807, 2.05) is 30.3 Å². The Kier molecular flexibility index (Phi) is 3.79. The maximum Gasteiger partial charge on any atom is 0.271 e. The maximum absolute atomic E-state index is 11.9. The first kappa shape index (κ1) is 13.5. The molecule has 0 fully saturated rings. The minimum Gasteiger partial charge on any atom is -0.346 e. The van der Waals surface area contributed by atoms with E-state index in [4.69, 9.17) is 11.6 Å². The summed E-state index contributed by atoms with van der Waals surface area (Å²) in [6, 6.07) is 13.7. The van der Waals surface area contributed by atoms with Gasteiger partial charge in [0.25, 0.3) is 5.56 Å². The van der Waals surface area contributed by atoms with Gasteiger partial charge in [0.15, 0.2) is 0 Å². The lowest BCUT2D eigenvalue weighted by molar-refractivity contribution is 1.03. The molecular weight excluding hydrogens is 286 g/mol. The summed E-state index contributed by atoms with van der Waals surface area (Å²) in [5.41, 5.74) is 1.83. The second kappa shape index (κ2) is 5.89. The van der Waals surface area contributed by atoms with Crippen molar-refractivity contribution in [2.24, 2.45) is 0 Å². The molecule has 2 heterocycles. The molecule has 3 aromatic rings. The molecule has 5 heteroatoms. The van der Waals surface area contributed by atoms with Crippen LogP contribution in [0.25, 0.3) is 12.2 Å². The minimum absolute atomic E-state index is 0.153. The van der Waals surface area contributed by atoms with Crippen LogP contribution in [0.1, 0.15) is 11.3 Å². The lowest BCUT2D eigenvalue weighted by atomic mass is 10.1. The topological polar surface area (TPSA) is 64.4 Å². The summed E-state index contributed by atoms with van der Waals surface area (Å²) >= 11 is 5.84. The monoisotopic (exact) mass is 299 g/mol. The molecular formula is C16H14ClN3O. The molecule has 0 atom stereocenters. The first-order valence-electron chi connectivity index (χ1n) is 6.59. The summed E-state index contributed by atoms with van der Waals surface area (Å²) in [5, 5.41) is 7.42. The van der Waals surface area contributed by atoms with Gasteiger partial charge in [-0.1, -0.05) is 48.0 Å². The van der Waals surface area contributed by atoms with Crippen molar-refractivity contribution >= 4 is 23.8 Å². The third-order valence-corrected chi connectivity index (χ3v) is 3.42. The number of H-pyrrole nitrogens is 3. The van der Waals surface area contributed by atoms with Crippen molar-refractivity contribution in [2.45, 2.75) is 6.42 Å². The molecule has 106 valence electrons. The Morgan fingerprint density at radius 1 is 1.05 bits per heavy atom. The number of nitrogens with one attached hydrogen (secondary N) is 3. The van der Waals surface area contributed by atoms with Gasteiger partial charge in [-0.3, -0.25) is 15.0 Å². The van der Waals surface area contributed by atoms with Gasteiger partial charge in [0.2, 0.25) is 0 Å². The highest BCUT2D eigenvalue weighted by molar-refractivity contribution is 6.29. The predicted molar refractivity (Wildman–Crippen MR) is 84.6 cm³/mol. The minimum atomic E-state index is -0.153. The fraction of sp³-hybridized carbons (Fsp3) is 0.0625. The molecule has 0 bridgehead atoms. The number of benzene rings is 1. The van der Waals surface area contributed by atoms with Gasteiger partial charge in [-0.25, -0.2) is 0 Å². The predicted octanol–water partition coefficient (Wildman–Crippen LogP) is 1.54. The molecule has 0 saturated carbocycles. The molecule has 2 aromatic heterocycles.